The Morgan fingerprint density at radius 2 is 0.842 bits per heavy atom. The number of hydrogen-bond acceptors (Lipinski definition) is 1. The maximum Gasteiger partial charge on any atom is 0.472 e. The lowest BCUT2D eigenvalue weighted by molar-refractivity contribution is -0.464. The van der Waals surface area contributed by atoms with E-state index in [0.29, 0.717) is 0 Å². The van der Waals surface area contributed by atoms with Crippen LogP contribution in [-0.2, 0) is 0 Å². The first-order chi connectivity index (χ1) is 7.87. The Morgan fingerprint density at radius 3 is 1.00 bits per heavy atom. The third-order valence-electron chi connectivity index (χ3n) is 1.52. The molecule has 0 aromatic heterocycles. The van der Waals surface area contributed by atoms with Gasteiger partial charge in [-0.1, -0.05) is 16.5 Å². The molecule has 14 heteroatoms. The predicted octanol–water partition coefficient (Wildman–Crippen LogP) is 4.39. The van der Waals surface area contributed by atoms with E-state index in [1.165, 1.54) is 0 Å². The van der Waals surface area contributed by atoms with E-state index in [4.69, 9.17) is 0 Å². The highest BCUT2D eigenvalue weighted by Crippen LogP contribution is 2.54. The number of halogens is 13. The summed E-state index contributed by atoms with van der Waals surface area (Å²) in [7, 11) is 0. The fraction of sp³-hybridized carbons (Fsp3) is 1.00. The molecule has 116 valence electrons. The molecular weight excluding hydrogens is 337 g/mol. The lowest BCUT2D eigenvalue weighted by Gasteiger charge is -2.38. The summed E-state index contributed by atoms with van der Waals surface area (Å²) in [6, 6.07) is -7.18. The van der Waals surface area contributed by atoms with Gasteiger partial charge >= 0.3 is 30.0 Å². The van der Waals surface area contributed by atoms with Gasteiger partial charge in [-0.3, -0.25) is 0 Å². The number of rotatable bonds is 2. The van der Waals surface area contributed by atoms with E-state index in [1.54, 1.807) is 0 Å². The van der Waals surface area contributed by atoms with Gasteiger partial charge < -0.3 is 0 Å². The molecule has 0 rings (SSSR count). The third-order valence-corrected chi connectivity index (χ3v) is 1.96. The Labute approximate surface area is 100 Å². The molecule has 0 aliphatic heterocycles. The van der Waals surface area contributed by atoms with Crippen LogP contribution in [0, 0.1) is 0 Å². The zero-order valence-corrected chi connectivity index (χ0v) is 8.62. The van der Waals surface area contributed by atoms with Gasteiger partial charge in [0.25, 0.3) is 0 Å². The van der Waals surface area contributed by atoms with Gasteiger partial charge in [0.1, 0.15) is 0 Å². The Balaban J connectivity index is 5.97. The first-order valence-electron chi connectivity index (χ1n) is 3.63. The van der Waals surface area contributed by atoms with Crippen LogP contribution in [0.15, 0.2) is 0 Å². The first kappa shape index (κ1) is 18.4. The predicted molar refractivity (Wildman–Crippen MR) is 34.6 cm³/mol. The van der Waals surface area contributed by atoms with Crippen LogP contribution in [0.3, 0.4) is 0 Å². The first-order valence-corrected chi connectivity index (χ1v) is 4.01. The average molecular weight is 337 g/mol. The summed E-state index contributed by atoms with van der Waals surface area (Å²) in [5.74, 6) is 0. The Bertz CT molecular complexity index is 308. The van der Waals surface area contributed by atoms with Gasteiger partial charge in [0, 0.05) is 0 Å². The Kier molecular flexibility index (Phi) is 4.32. The van der Waals surface area contributed by atoms with Gasteiger partial charge in [0.05, 0.1) is 0 Å². The Hall–Kier alpha value is -0.590. The highest BCUT2D eigenvalue weighted by atomic mass is 35.5. The van der Waals surface area contributed by atoms with Crippen molar-refractivity contribution in [3.8, 4) is 0 Å². The van der Waals surface area contributed by atoms with E-state index in [2.05, 4.69) is 11.6 Å². The van der Waals surface area contributed by atoms with E-state index < -0.39 is 34.9 Å². The van der Waals surface area contributed by atoms with Gasteiger partial charge in [-0.15, -0.1) is 0 Å². The topological polar surface area (TPSA) is 3.24 Å². The maximum atomic E-state index is 12.6. The van der Waals surface area contributed by atoms with Crippen LogP contribution in [0.4, 0.5) is 52.7 Å². The lowest BCUT2D eigenvalue weighted by Crippen LogP contribution is -2.67. The van der Waals surface area contributed by atoms with E-state index in [0.717, 1.165) is 0 Å². The summed E-state index contributed by atoms with van der Waals surface area (Å²) < 4.78 is 143. The molecular formula is C5ClF12N. The smallest absolute Gasteiger partial charge is 0.207 e. The quantitative estimate of drug-likeness (QED) is 0.410. The van der Waals surface area contributed by atoms with Gasteiger partial charge in [-0.2, -0.15) is 48.3 Å². The number of nitrogens with zero attached hydrogens (tertiary/aromatic N) is 1. The largest absolute Gasteiger partial charge is 0.472 e. The van der Waals surface area contributed by atoms with Gasteiger partial charge in [0.2, 0.25) is 0 Å². The average Bonchev–Trinajstić information content (AvgIpc) is 1.92. The maximum absolute atomic E-state index is 12.6. The van der Waals surface area contributed by atoms with E-state index in [-0.39, 0.29) is 0 Å². The molecule has 0 saturated heterocycles. The van der Waals surface area contributed by atoms with Crippen LogP contribution in [0.5, 0.6) is 0 Å². The molecule has 0 aromatic rings. The van der Waals surface area contributed by atoms with Crippen LogP contribution in [0.1, 0.15) is 0 Å². The summed E-state index contributed by atoms with van der Waals surface area (Å²) in [6.45, 7) is 0. The molecule has 1 unspecified atom stereocenters. The monoisotopic (exact) mass is 337 g/mol. The van der Waals surface area contributed by atoms with Gasteiger partial charge in [-0.25, -0.2) is 4.39 Å². The second-order valence-corrected chi connectivity index (χ2v) is 3.41. The molecule has 0 N–H and O–H groups in total. The van der Waals surface area contributed by atoms with Crippen molar-refractivity contribution in [1.29, 1.82) is 0 Å². The summed E-state index contributed by atoms with van der Waals surface area (Å²) >= 11 is 3.53. The fourth-order valence-electron chi connectivity index (χ4n) is 0.773. The van der Waals surface area contributed by atoms with Crippen molar-refractivity contribution < 1.29 is 52.7 Å². The molecule has 0 bridgehead atoms. The van der Waals surface area contributed by atoms with Crippen molar-refractivity contribution in [3.63, 3.8) is 0 Å². The van der Waals surface area contributed by atoms with Crippen molar-refractivity contribution >= 4 is 11.6 Å². The summed E-state index contributed by atoms with van der Waals surface area (Å²) in [4.78, 5) is -3.87. The highest BCUT2D eigenvalue weighted by Gasteiger charge is 2.81. The fourth-order valence-corrected chi connectivity index (χ4v) is 0.858. The van der Waals surface area contributed by atoms with Crippen LogP contribution in [-0.4, -0.2) is 34.9 Å². The van der Waals surface area contributed by atoms with E-state index in [9.17, 15) is 52.7 Å². The minimum Gasteiger partial charge on any atom is -0.207 e. The molecule has 0 aliphatic carbocycles. The minimum absolute atomic E-state index is 3.53. The number of alkyl halides is 13. The molecule has 1 atom stereocenters. The van der Waals surface area contributed by atoms with E-state index in [1.807, 2.05) is 0 Å². The molecule has 0 saturated carbocycles. The van der Waals surface area contributed by atoms with Crippen LogP contribution >= 0.6 is 11.6 Å². The summed E-state index contributed by atoms with van der Waals surface area (Å²) in [5.41, 5.74) is 0. The summed E-state index contributed by atoms with van der Waals surface area (Å²) in [6.07, 6.45) is -21.0. The van der Waals surface area contributed by atoms with Crippen LogP contribution in [0.2, 0.25) is 0 Å². The molecule has 19 heavy (non-hydrogen) atoms. The highest BCUT2D eigenvalue weighted by molar-refractivity contribution is 6.24. The zero-order valence-electron chi connectivity index (χ0n) is 7.86. The molecule has 0 heterocycles. The van der Waals surface area contributed by atoms with Gasteiger partial charge in [0.15, 0.2) is 0 Å². The van der Waals surface area contributed by atoms with E-state index >= 15 is 0 Å². The normalized spacial score (nSPS) is 18.6. The Morgan fingerprint density at radius 1 is 0.579 bits per heavy atom. The van der Waals surface area contributed by atoms with Crippen molar-refractivity contribution in [2.75, 3.05) is 0 Å². The summed E-state index contributed by atoms with van der Waals surface area (Å²) in [5, 5.41) is -6.61. The molecule has 0 aliphatic rings. The number of hydrogen-bond donors (Lipinski definition) is 0. The van der Waals surface area contributed by atoms with Crippen LogP contribution in [0.25, 0.3) is 0 Å². The molecule has 0 amide bonds. The van der Waals surface area contributed by atoms with Gasteiger partial charge in [-0.05, 0) is 0 Å². The molecule has 0 aromatic carbocycles. The third kappa shape index (κ3) is 3.30. The zero-order chi connectivity index (χ0) is 16.1. The second kappa shape index (κ2) is 4.46. The van der Waals surface area contributed by atoms with Crippen molar-refractivity contribution in [2.45, 2.75) is 30.0 Å². The molecule has 1 nitrogen and oxygen atoms in total. The molecule has 0 spiro atoms. The SMILES string of the molecule is FC(F)(F)N(C(F)(F)F)C(F)(F)C(F)(Cl)C(F)(F)F. The minimum atomic E-state index is -7.18. The van der Waals surface area contributed by atoms with Crippen molar-refractivity contribution in [1.82, 2.24) is 4.90 Å². The molecule has 0 fully saturated rings. The van der Waals surface area contributed by atoms with Crippen molar-refractivity contribution in [3.05, 3.63) is 0 Å². The van der Waals surface area contributed by atoms with Crippen molar-refractivity contribution in [2.24, 2.45) is 0 Å². The van der Waals surface area contributed by atoms with Crippen LogP contribution < -0.4 is 0 Å². The second-order valence-electron chi connectivity index (χ2n) is 2.88. The lowest BCUT2D eigenvalue weighted by atomic mass is 10.3. The molecule has 0 radical (unpaired) electrons. The standard InChI is InChI=1S/C5ClF12N/c6-1(7,2(8,9)10)3(11,12)19(4(13,14)15)5(16,17)18.